The number of nitrogens with zero attached hydrogens (tertiary/aromatic N) is 1. The van der Waals surface area contributed by atoms with Crippen molar-refractivity contribution < 1.29 is 13.9 Å². The molecule has 0 saturated heterocycles. The third-order valence-electron chi connectivity index (χ3n) is 3.32. The molecular formula is C17H14ClFN2O2S. The highest BCUT2D eigenvalue weighted by molar-refractivity contribution is 7.22. The predicted molar refractivity (Wildman–Crippen MR) is 94.5 cm³/mol. The molecule has 1 amide bonds. The lowest BCUT2D eigenvalue weighted by molar-refractivity contribution is -0.115. The molecule has 24 heavy (non-hydrogen) atoms. The van der Waals surface area contributed by atoms with Gasteiger partial charge in [-0.15, -0.1) is 0 Å². The number of rotatable bonds is 5. The first kappa shape index (κ1) is 16.7. The first-order valence-electron chi connectivity index (χ1n) is 7.33. The van der Waals surface area contributed by atoms with Gasteiger partial charge < -0.3 is 10.1 Å². The van der Waals surface area contributed by atoms with Crippen LogP contribution in [0, 0.1) is 5.82 Å². The molecule has 0 aliphatic carbocycles. The number of halogens is 2. The minimum absolute atomic E-state index is 0.147. The van der Waals surface area contributed by atoms with E-state index in [1.807, 2.05) is 25.1 Å². The lowest BCUT2D eigenvalue weighted by Gasteiger charge is -2.05. The molecule has 0 bridgehead atoms. The van der Waals surface area contributed by atoms with Crippen molar-refractivity contribution in [3.63, 3.8) is 0 Å². The van der Waals surface area contributed by atoms with Gasteiger partial charge in [0.15, 0.2) is 5.13 Å². The number of fused-ring (bicyclic) bond motifs is 1. The number of carbonyl (C=O) groups excluding carboxylic acids is 1. The summed E-state index contributed by atoms with van der Waals surface area (Å²) in [5.74, 6) is -0.112. The van der Waals surface area contributed by atoms with E-state index in [0.717, 1.165) is 16.0 Å². The molecule has 3 aromatic rings. The van der Waals surface area contributed by atoms with E-state index >= 15 is 0 Å². The van der Waals surface area contributed by atoms with Crippen molar-refractivity contribution in [2.75, 3.05) is 11.9 Å². The van der Waals surface area contributed by atoms with Crippen LogP contribution in [0.4, 0.5) is 9.52 Å². The summed E-state index contributed by atoms with van der Waals surface area (Å²) >= 11 is 7.28. The number of amides is 1. The Hall–Kier alpha value is -2.18. The Bertz CT molecular complexity index is 877. The fourth-order valence-electron chi connectivity index (χ4n) is 2.24. The molecule has 2 aromatic carbocycles. The monoisotopic (exact) mass is 364 g/mol. The first-order valence-corrected chi connectivity index (χ1v) is 8.52. The Morgan fingerprint density at radius 2 is 2.21 bits per heavy atom. The van der Waals surface area contributed by atoms with Crippen molar-refractivity contribution in [1.82, 2.24) is 4.98 Å². The SMILES string of the molecule is CCOc1ccc2nc(NC(=O)Cc3c(F)cccc3Cl)sc2c1. The van der Waals surface area contributed by atoms with Crippen LogP contribution in [-0.2, 0) is 11.2 Å². The van der Waals surface area contributed by atoms with Crippen LogP contribution >= 0.6 is 22.9 Å². The average molecular weight is 365 g/mol. The number of aromatic nitrogens is 1. The van der Waals surface area contributed by atoms with Crippen molar-refractivity contribution in [3.8, 4) is 5.75 Å². The lowest BCUT2D eigenvalue weighted by atomic mass is 10.1. The third-order valence-corrected chi connectivity index (χ3v) is 4.60. The topological polar surface area (TPSA) is 51.2 Å². The summed E-state index contributed by atoms with van der Waals surface area (Å²) in [5.41, 5.74) is 0.944. The van der Waals surface area contributed by atoms with Gasteiger partial charge in [0.25, 0.3) is 0 Å². The second-order valence-electron chi connectivity index (χ2n) is 5.01. The number of anilines is 1. The van der Waals surface area contributed by atoms with Crippen LogP contribution in [0.25, 0.3) is 10.2 Å². The highest BCUT2D eigenvalue weighted by Gasteiger charge is 2.14. The zero-order chi connectivity index (χ0) is 17.1. The molecule has 0 radical (unpaired) electrons. The number of benzene rings is 2. The summed E-state index contributed by atoms with van der Waals surface area (Å²) in [6.45, 7) is 2.49. The Morgan fingerprint density at radius 1 is 1.38 bits per heavy atom. The third kappa shape index (κ3) is 3.66. The maximum absolute atomic E-state index is 13.7. The number of thiazole rings is 1. The molecule has 1 aromatic heterocycles. The molecule has 0 unspecified atom stereocenters. The summed E-state index contributed by atoms with van der Waals surface area (Å²) in [5, 5.41) is 3.38. The molecule has 4 nitrogen and oxygen atoms in total. The minimum atomic E-state index is -0.497. The van der Waals surface area contributed by atoms with Crippen molar-refractivity contribution in [3.05, 3.63) is 52.8 Å². The van der Waals surface area contributed by atoms with Crippen LogP contribution in [0.5, 0.6) is 5.75 Å². The Kier molecular flexibility index (Phi) is 4.97. The van der Waals surface area contributed by atoms with Crippen LogP contribution < -0.4 is 10.1 Å². The molecule has 0 aliphatic heterocycles. The molecular weight excluding hydrogens is 351 g/mol. The van der Waals surface area contributed by atoms with Gasteiger partial charge in [0.05, 0.1) is 23.2 Å². The normalized spacial score (nSPS) is 10.8. The molecule has 0 aliphatic rings. The van der Waals surface area contributed by atoms with Gasteiger partial charge in [-0.3, -0.25) is 4.79 Å². The fourth-order valence-corrected chi connectivity index (χ4v) is 3.38. The van der Waals surface area contributed by atoms with E-state index in [1.165, 1.54) is 23.5 Å². The van der Waals surface area contributed by atoms with Gasteiger partial charge in [-0.05, 0) is 37.3 Å². The number of ether oxygens (including phenoxy) is 1. The summed E-state index contributed by atoms with van der Waals surface area (Å²) < 4.78 is 20.1. The van der Waals surface area contributed by atoms with Gasteiger partial charge in [0.1, 0.15) is 11.6 Å². The van der Waals surface area contributed by atoms with Crippen molar-refractivity contribution in [1.29, 1.82) is 0 Å². The zero-order valence-electron chi connectivity index (χ0n) is 12.8. The standard InChI is InChI=1S/C17H14ClFN2O2S/c1-2-23-10-6-7-14-15(8-10)24-17(20-14)21-16(22)9-11-12(18)4-3-5-13(11)19/h3-8H,2,9H2,1H3,(H,20,21,22). The lowest BCUT2D eigenvalue weighted by Crippen LogP contribution is -2.15. The van der Waals surface area contributed by atoms with E-state index in [2.05, 4.69) is 10.3 Å². The largest absolute Gasteiger partial charge is 0.494 e. The Morgan fingerprint density at radius 3 is 2.96 bits per heavy atom. The van der Waals surface area contributed by atoms with Crippen molar-refractivity contribution in [2.45, 2.75) is 13.3 Å². The second kappa shape index (κ2) is 7.15. The molecule has 1 N–H and O–H groups in total. The van der Waals surface area contributed by atoms with E-state index < -0.39 is 5.82 Å². The molecule has 0 saturated carbocycles. The average Bonchev–Trinajstić information content (AvgIpc) is 2.93. The molecule has 0 spiro atoms. The smallest absolute Gasteiger partial charge is 0.230 e. The van der Waals surface area contributed by atoms with Crippen LogP contribution in [0.3, 0.4) is 0 Å². The van der Waals surface area contributed by atoms with Gasteiger partial charge in [-0.1, -0.05) is 29.0 Å². The molecule has 124 valence electrons. The summed E-state index contributed by atoms with van der Waals surface area (Å²) in [6, 6.07) is 9.88. The predicted octanol–water partition coefficient (Wildman–Crippen LogP) is 4.67. The highest BCUT2D eigenvalue weighted by Crippen LogP contribution is 2.29. The molecule has 0 atom stereocenters. The van der Waals surface area contributed by atoms with Gasteiger partial charge in [-0.25, -0.2) is 9.37 Å². The van der Waals surface area contributed by atoms with Crippen molar-refractivity contribution in [2.24, 2.45) is 0 Å². The summed E-state index contributed by atoms with van der Waals surface area (Å²) in [4.78, 5) is 16.5. The first-order chi connectivity index (χ1) is 11.6. The van der Waals surface area contributed by atoms with Gasteiger partial charge in [-0.2, -0.15) is 0 Å². The maximum atomic E-state index is 13.7. The number of carbonyl (C=O) groups is 1. The minimum Gasteiger partial charge on any atom is -0.494 e. The Labute approximate surface area is 147 Å². The van der Waals surface area contributed by atoms with Crippen molar-refractivity contribution >= 4 is 44.2 Å². The molecule has 1 heterocycles. The van der Waals surface area contributed by atoms with E-state index in [9.17, 15) is 9.18 Å². The maximum Gasteiger partial charge on any atom is 0.230 e. The second-order valence-corrected chi connectivity index (χ2v) is 6.44. The van der Waals surface area contributed by atoms with Crippen LogP contribution in [-0.4, -0.2) is 17.5 Å². The van der Waals surface area contributed by atoms with Gasteiger partial charge >= 0.3 is 0 Å². The van der Waals surface area contributed by atoms with Gasteiger partial charge in [0, 0.05) is 10.6 Å². The number of hydrogen-bond donors (Lipinski definition) is 1. The summed E-state index contributed by atoms with van der Waals surface area (Å²) in [7, 11) is 0. The van der Waals surface area contributed by atoms with E-state index in [-0.39, 0.29) is 22.9 Å². The van der Waals surface area contributed by atoms with E-state index in [4.69, 9.17) is 16.3 Å². The van der Waals surface area contributed by atoms with Crippen LogP contribution in [0.15, 0.2) is 36.4 Å². The van der Waals surface area contributed by atoms with E-state index in [1.54, 1.807) is 6.07 Å². The quantitative estimate of drug-likeness (QED) is 0.715. The van der Waals surface area contributed by atoms with Gasteiger partial charge in [0.2, 0.25) is 5.91 Å². The fraction of sp³-hybridized carbons (Fsp3) is 0.176. The number of nitrogens with one attached hydrogen (secondary N) is 1. The number of hydrogen-bond acceptors (Lipinski definition) is 4. The van der Waals surface area contributed by atoms with Crippen LogP contribution in [0.1, 0.15) is 12.5 Å². The molecule has 7 heteroatoms. The molecule has 0 fully saturated rings. The molecule has 3 rings (SSSR count). The zero-order valence-corrected chi connectivity index (χ0v) is 14.4. The van der Waals surface area contributed by atoms with E-state index in [0.29, 0.717) is 11.7 Å². The highest BCUT2D eigenvalue weighted by atomic mass is 35.5. The Balaban J connectivity index is 1.75. The van der Waals surface area contributed by atoms with Crippen LogP contribution in [0.2, 0.25) is 5.02 Å². The summed E-state index contributed by atoms with van der Waals surface area (Å²) in [6.07, 6.45) is -0.147.